The number of carbonyl (C=O) groups excluding carboxylic acids is 3. The molecule has 0 radical (unpaired) electrons. The average molecular weight is 491 g/mol. The van der Waals surface area contributed by atoms with Crippen LogP contribution in [0.2, 0.25) is 0 Å². The summed E-state index contributed by atoms with van der Waals surface area (Å²) in [6.45, 7) is 2.01. The zero-order chi connectivity index (χ0) is 25.0. The lowest BCUT2D eigenvalue weighted by Crippen LogP contribution is -2.36. The first-order valence-corrected chi connectivity index (χ1v) is 12.0. The molecule has 0 spiro atoms. The maximum atomic E-state index is 11.1. The fourth-order valence-electron chi connectivity index (χ4n) is 3.38. The molecule has 12 nitrogen and oxygen atoms in total. The molecule has 1 unspecified atom stereocenters. The van der Waals surface area contributed by atoms with Crippen molar-refractivity contribution in [3.8, 4) is 0 Å². The highest BCUT2D eigenvalue weighted by Crippen LogP contribution is 2.33. The second-order valence-corrected chi connectivity index (χ2v) is 9.22. The van der Waals surface area contributed by atoms with Gasteiger partial charge in [0.25, 0.3) is 11.8 Å². The first kappa shape index (κ1) is 28.7. The Morgan fingerprint density at radius 1 is 1.12 bits per heavy atom. The van der Waals surface area contributed by atoms with Crippen LogP contribution in [0.5, 0.6) is 0 Å². The number of fused-ring (bicyclic) bond motifs is 1. The van der Waals surface area contributed by atoms with Crippen molar-refractivity contribution in [3.63, 3.8) is 0 Å². The summed E-state index contributed by atoms with van der Waals surface area (Å²) in [4.78, 5) is 52.0. The fraction of sp³-hybridized carbons (Fsp3) is 0.750. The van der Waals surface area contributed by atoms with E-state index < -0.39 is 29.8 Å². The van der Waals surface area contributed by atoms with E-state index in [1.165, 1.54) is 0 Å². The number of hydrogen-bond acceptors (Lipinski definition) is 8. The van der Waals surface area contributed by atoms with Gasteiger partial charge in [0.2, 0.25) is 0 Å². The monoisotopic (exact) mass is 490 g/mol. The highest BCUT2D eigenvalue weighted by molar-refractivity contribution is 8.00. The van der Waals surface area contributed by atoms with Gasteiger partial charge in [-0.2, -0.15) is 16.8 Å². The van der Waals surface area contributed by atoms with Crippen molar-refractivity contribution in [1.29, 1.82) is 0 Å². The minimum Gasteiger partial charge on any atom is -0.481 e. The lowest BCUT2D eigenvalue weighted by molar-refractivity contribution is -0.171. The predicted octanol–water partition coefficient (Wildman–Crippen LogP) is 0.910. The lowest BCUT2D eigenvalue weighted by atomic mass is 10.0. The molecule has 4 amide bonds. The number of carboxylic acids is 2. The van der Waals surface area contributed by atoms with Gasteiger partial charge in [-0.15, -0.1) is 0 Å². The van der Waals surface area contributed by atoms with E-state index in [4.69, 9.17) is 21.2 Å². The Balaban J connectivity index is 0.000000273. The van der Waals surface area contributed by atoms with Crippen molar-refractivity contribution < 1.29 is 39.4 Å². The number of aliphatic carboxylic acids is 2. The Bertz CT molecular complexity index is 692. The molecule has 3 aliphatic heterocycles. The first-order chi connectivity index (χ1) is 15.6. The summed E-state index contributed by atoms with van der Waals surface area (Å²) in [6.07, 6.45) is 5.66. The molecule has 3 aliphatic rings. The maximum Gasteiger partial charge on any atom is 0.320 e. The molecule has 3 rings (SSSR count). The number of thioether (sulfide) groups is 1. The number of amides is 4. The minimum absolute atomic E-state index is 0.0640. The topological polar surface area (TPSA) is 199 Å². The van der Waals surface area contributed by atoms with Crippen LogP contribution in [-0.4, -0.2) is 79.4 Å². The van der Waals surface area contributed by atoms with Gasteiger partial charge in [0.15, 0.2) is 0 Å². The number of carboxylic acid groups (broad SMARTS) is 2. The minimum atomic E-state index is -0.900. The van der Waals surface area contributed by atoms with Crippen molar-refractivity contribution in [1.82, 2.24) is 15.7 Å². The van der Waals surface area contributed by atoms with E-state index in [-0.39, 0.29) is 42.4 Å². The maximum absolute atomic E-state index is 11.1. The predicted molar refractivity (Wildman–Crippen MR) is 120 cm³/mol. The third-order valence-electron chi connectivity index (χ3n) is 5.28. The van der Waals surface area contributed by atoms with Crippen molar-refractivity contribution in [3.05, 3.63) is 0 Å². The number of nitrogens with zero attached hydrogens (tertiary/aromatic N) is 1. The molecule has 3 heterocycles. The van der Waals surface area contributed by atoms with Crippen LogP contribution < -0.4 is 16.4 Å². The number of hydroxylamine groups is 2. The summed E-state index contributed by atoms with van der Waals surface area (Å²) in [5.41, 5.74) is 5.20. The molecule has 3 saturated heterocycles. The summed E-state index contributed by atoms with van der Waals surface area (Å²) in [5.74, 6) is -1.67. The molecule has 0 saturated carbocycles. The highest BCUT2D eigenvalue weighted by Gasteiger charge is 2.42. The van der Waals surface area contributed by atoms with Crippen LogP contribution in [0.15, 0.2) is 0 Å². The third kappa shape index (κ3) is 10.4. The lowest BCUT2D eigenvalue weighted by Gasteiger charge is -2.16. The number of hydrogen-bond donors (Lipinski definition) is 6. The molecule has 0 aromatic rings. The normalized spacial score (nSPS) is 24.0. The van der Waals surface area contributed by atoms with Crippen LogP contribution in [0.3, 0.4) is 0 Å². The van der Waals surface area contributed by atoms with Gasteiger partial charge < -0.3 is 26.6 Å². The number of imide groups is 1. The molecular weight excluding hydrogens is 456 g/mol. The van der Waals surface area contributed by atoms with E-state index in [0.29, 0.717) is 11.7 Å². The SMILES string of the molecule is CCCCC(N)C(=O)O.O=C(O)CCCC[C@@H]1SC[C@@H]2NC(=O)N[C@@H]21.O=C1CCC(=O)N1O. The molecule has 188 valence electrons. The summed E-state index contributed by atoms with van der Waals surface area (Å²) in [6, 6.07) is -0.222. The number of urea groups is 1. The Kier molecular flexibility index (Phi) is 12.8. The summed E-state index contributed by atoms with van der Waals surface area (Å²) in [7, 11) is 0. The van der Waals surface area contributed by atoms with Gasteiger partial charge in [-0.25, -0.2) is 4.79 Å². The van der Waals surface area contributed by atoms with Crippen molar-refractivity contribution in [2.45, 2.75) is 88.1 Å². The molecule has 0 aromatic carbocycles. The molecule has 7 N–H and O–H groups in total. The van der Waals surface area contributed by atoms with Crippen LogP contribution >= 0.6 is 11.8 Å². The summed E-state index contributed by atoms with van der Waals surface area (Å²) < 4.78 is 0. The second-order valence-electron chi connectivity index (χ2n) is 7.95. The van der Waals surface area contributed by atoms with Gasteiger partial charge in [0, 0.05) is 30.3 Å². The largest absolute Gasteiger partial charge is 0.481 e. The van der Waals surface area contributed by atoms with E-state index in [1.807, 2.05) is 18.7 Å². The molecule has 4 atom stereocenters. The Morgan fingerprint density at radius 3 is 2.24 bits per heavy atom. The second kappa shape index (κ2) is 14.7. The van der Waals surface area contributed by atoms with E-state index in [1.54, 1.807) is 0 Å². The van der Waals surface area contributed by atoms with Gasteiger partial charge in [-0.1, -0.05) is 26.2 Å². The smallest absolute Gasteiger partial charge is 0.320 e. The quantitative estimate of drug-likeness (QED) is 0.117. The number of unbranched alkanes of at least 4 members (excludes halogenated alkanes) is 2. The molecule has 0 aliphatic carbocycles. The van der Waals surface area contributed by atoms with Crippen LogP contribution in [0.4, 0.5) is 4.79 Å². The molecule has 3 fully saturated rings. The Hall–Kier alpha value is -2.38. The standard InChI is InChI=1S/C10H16N2O3S.C6H13NO2.C4H5NO3/c13-8(14)4-2-1-3-7-9-6(5-16-7)11-10(15)12-9;1-2-3-4-5(7)6(8)9;6-3-1-2-4(7)5(3)8/h6-7,9H,1-5H2,(H,13,14)(H2,11,12,15);5H,2-4,7H2,1H3,(H,8,9);8H,1-2H2/t6-,7-,9-;;/m0../s1. The Labute approximate surface area is 196 Å². The van der Waals surface area contributed by atoms with Gasteiger partial charge in [0.05, 0.1) is 12.1 Å². The first-order valence-electron chi connectivity index (χ1n) is 11.0. The molecular formula is C20H34N4O8S. The Morgan fingerprint density at radius 2 is 1.76 bits per heavy atom. The molecule has 0 aromatic heterocycles. The number of nitrogens with two attached hydrogens (primary N) is 1. The number of nitrogens with one attached hydrogen (secondary N) is 2. The summed E-state index contributed by atoms with van der Waals surface area (Å²) in [5, 5.41) is 31.6. The third-order valence-corrected chi connectivity index (χ3v) is 6.79. The van der Waals surface area contributed by atoms with Crippen LogP contribution in [0.1, 0.15) is 64.7 Å². The number of rotatable bonds is 9. The van der Waals surface area contributed by atoms with E-state index in [2.05, 4.69) is 10.6 Å². The van der Waals surface area contributed by atoms with E-state index in [0.717, 1.165) is 37.9 Å². The number of carbonyl (C=O) groups is 5. The van der Waals surface area contributed by atoms with Gasteiger partial charge in [-0.3, -0.25) is 24.4 Å². The van der Waals surface area contributed by atoms with Crippen LogP contribution in [-0.2, 0) is 19.2 Å². The van der Waals surface area contributed by atoms with Crippen molar-refractivity contribution >= 4 is 41.5 Å². The van der Waals surface area contributed by atoms with Crippen molar-refractivity contribution in [2.24, 2.45) is 5.73 Å². The van der Waals surface area contributed by atoms with Crippen molar-refractivity contribution in [2.75, 3.05) is 5.75 Å². The fourth-order valence-corrected chi connectivity index (χ4v) is 4.92. The summed E-state index contributed by atoms with van der Waals surface area (Å²) >= 11 is 1.87. The average Bonchev–Trinajstić information content (AvgIpc) is 3.40. The van der Waals surface area contributed by atoms with Gasteiger partial charge >= 0.3 is 18.0 Å². The molecule has 13 heteroatoms. The van der Waals surface area contributed by atoms with Gasteiger partial charge in [-0.05, 0) is 19.3 Å². The zero-order valence-electron chi connectivity index (χ0n) is 18.7. The highest BCUT2D eigenvalue weighted by atomic mass is 32.2. The van der Waals surface area contributed by atoms with Gasteiger partial charge in [0.1, 0.15) is 6.04 Å². The van der Waals surface area contributed by atoms with Crippen LogP contribution in [0, 0.1) is 0 Å². The zero-order valence-corrected chi connectivity index (χ0v) is 19.5. The van der Waals surface area contributed by atoms with E-state index in [9.17, 15) is 24.0 Å². The molecule has 0 bridgehead atoms. The van der Waals surface area contributed by atoms with E-state index >= 15 is 0 Å². The molecule has 33 heavy (non-hydrogen) atoms. The van der Waals surface area contributed by atoms with Crippen LogP contribution in [0.25, 0.3) is 0 Å².